The molecule has 2 N–H and O–H groups in total. The summed E-state index contributed by atoms with van der Waals surface area (Å²) in [5, 5.41) is 1.99. The van der Waals surface area contributed by atoms with E-state index < -0.39 is 17.4 Å². The highest BCUT2D eigenvalue weighted by Gasteiger charge is 2.25. The first kappa shape index (κ1) is 16.0. The number of esters is 1. The maximum absolute atomic E-state index is 14.1. The van der Waals surface area contributed by atoms with Crippen LogP contribution in [0.1, 0.15) is 31.1 Å². The summed E-state index contributed by atoms with van der Waals surface area (Å²) in [5.41, 5.74) is 6.23. The van der Waals surface area contributed by atoms with E-state index in [0.717, 1.165) is 0 Å². The second-order valence-corrected chi connectivity index (χ2v) is 7.34. The van der Waals surface area contributed by atoms with Crippen molar-refractivity contribution in [1.29, 1.82) is 0 Å². The van der Waals surface area contributed by atoms with E-state index in [1.54, 1.807) is 38.3 Å². The van der Waals surface area contributed by atoms with Crippen molar-refractivity contribution in [3.05, 3.63) is 39.4 Å². The lowest BCUT2D eigenvalue weighted by atomic mass is 10.0. The lowest BCUT2D eigenvalue weighted by Crippen LogP contribution is -2.24. The second kappa shape index (κ2) is 5.77. The van der Waals surface area contributed by atoms with Gasteiger partial charge in [-0.15, -0.1) is 11.3 Å². The summed E-state index contributed by atoms with van der Waals surface area (Å²) in [6, 6.07) is 4.67. The number of hydrogen-bond acceptors (Lipinski definition) is 4. The fourth-order valence-corrected chi connectivity index (χ4v) is 2.95. The number of ether oxygens (including phenoxy) is 1. The van der Waals surface area contributed by atoms with Crippen LogP contribution in [0, 0.1) is 5.82 Å². The number of nitrogen functional groups attached to an aromatic ring is 1. The summed E-state index contributed by atoms with van der Waals surface area (Å²) in [5.74, 6) is -0.967. The number of hydrogen-bond donors (Lipinski definition) is 1. The van der Waals surface area contributed by atoms with Crippen LogP contribution in [0.4, 0.5) is 9.39 Å². The molecule has 0 atom stereocenters. The van der Waals surface area contributed by atoms with Crippen LogP contribution in [-0.4, -0.2) is 11.6 Å². The first-order chi connectivity index (χ1) is 9.69. The van der Waals surface area contributed by atoms with E-state index in [4.69, 9.17) is 10.5 Å². The van der Waals surface area contributed by atoms with Crippen molar-refractivity contribution in [2.24, 2.45) is 0 Å². The van der Waals surface area contributed by atoms with Crippen molar-refractivity contribution in [1.82, 2.24) is 0 Å². The molecule has 0 aliphatic carbocycles. The van der Waals surface area contributed by atoms with Crippen LogP contribution in [0.2, 0.25) is 0 Å². The van der Waals surface area contributed by atoms with Crippen LogP contribution in [0.3, 0.4) is 0 Å². The SMILES string of the molecule is CC(C)(C)OC(=O)c1c(-c2ccc(Br)cc2F)csc1N. The highest BCUT2D eigenvalue weighted by atomic mass is 79.9. The van der Waals surface area contributed by atoms with Crippen molar-refractivity contribution in [3.63, 3.8) is 0 Å². The first-order valence-corrected chi connectivity index (χ1v) is 7.92. The molecule has 0 amide bonds. The van der Waals surface area contributed by atoms with Crippen LogP contribution < -0.4 is 5.73 Å². The van der Waals surface area contributed by atoms with Crippen molar-refractivity contribution in [2.45, 2.75) is 26.4 Å². The number of carbonyl (C=O) groups excluding carboxylic acids is 1. The van der Waals surface area contributed by atoms with Gasteiger partial charge in [-0.3, -0.25) is 0 Å². The van der Waals surface area contributed by atoms with E-state index in [9.17, 15) is 9.18 Å². The van der Waals surface area contributed by atoms with E-state index in [1.165, 1.54) is 17.4 Å². The zero-order valence-corrected chi connectivity index (χ0v) is 14.3. The molecule has 0 radical (unpaired) electrons. The lowest BCUT2D eigenvalue weighted by molar-refractivity contribution is 0.00722. The minimum atomic E-state index is -0.638. The molecule has 1 heterocycles. The van der Waals surface area contributed by atoms with Gasteiger partial charge in [0.15, 0.2) is 0 Å². The van der Waals surface area contributed by atoms with Gasteiger partial charge in [-0.25, -0.2) is 9.18 Å². The molecule has 21 heavy (non-hydrogen) atoms. The third-order valence-electron chi connectivity index (χ3n) is 2.64. The fraction of sp³-hybridized carbons (Fsp3) is 0.267. The highest BCUT2D eigenvalue weighted by molar-refractivity contribution is 9.10. The number of benzene rings is 1. The quantitative estimate of drug-likeness (QED) is 0.767. The number of carbonyl (C=O) groups is 1. The predicted molar refractivity (Wildman–Crippen MR) is 87.0 cm³/mol. The number of anilines is 1. The normalized spacial score (nSPS) is 11.5. The van der Waals surface area contributed by atoms with Gasteiger partial charge in [-0.2, -0.15) is 0 Å². The molecule has 0 fully saturated rings. The van der Waals surface area contributed by atoms with Gasteiger partial charge in [0.1, 0.15) is 22.0 Å². The molecule has 112 valence electrons. The van der Waals surface area contributed by atoms with E-state index in [1.807, 2.05) is 0 Å². The minimum absolute atomic E-state index is 0.219. The zero-order chi connectivity index (χ0) is 15.8. The Labute approximate surface area is 135 Å². The molecular formula is C15H15BrFNO2S. The van der Waals surface area contributed by atoms with E-state index >= 15 is 0 Å². The molecule has 0 aliphatic rings. The Bertz CT molecular complexity index is 691. The molecule has 2 rings (SSSR count). The van der Waals surface area contributed by atoms with Crippen LogP contribution >= 0.6 is 27.3 Å². The molecule has 0 bridgehead atoms. The summed E-state index contributed by atoms with van der Waals surface area (Å²) >= 11 is 4.40. The average Bonchev–Trinajstić information content (AvgIpc) is 2.68. The molecule has 1 aromatic heterocycles. The standard InChI is InChI=1S/C15H15BrFNO2S/c1-15(2,3)20-14(19)12-10(7-21-13(12)18)9-5-4-8(16)6-11(9)17/h4-7H,18H2,1-3H3. The van der Waals surface area contributed by atoms with Gasteiger partial charge in [0.25, 0.3) is 0 Å². The van der Waals surface area contributed by atoms with Gasteiger partial charge in [-0.05, 0) is 32.9 Å². The van der Waals surface area contributed by atoms with Crippen molar-refractivity contribution >= 4 is 38.2 Å². The van der Waals surface area contributed by atoms with Crippen molar-refractivity contribution in [2.75, 3.05) is 5.73 Å². The van der Waals surface area contributed by atoms with Gasteiger partial charge in [0.05, 0.1) is 0 Å². The van der Waals surface area contributed by atoms with Gasteiger partial charge < -0.3 is 10.5 Å². The largest absolute Gasteiger partial charge is 0.456 e. The number of rotatable bonds is 2. The van der Waals surface area contributed by atoms with E-state index in [2.05, 4.69) is 15.9 Å². The predicted octanol–water partition coefficient (Wildman–Crippen LogP) is 4.85. The van der Waals surface area contributed by atoms with Gasteiger partial charge in [0, 0.05) is 21.0 Å². The maximum Gasteiger partial charge on any atom is 0.342 e. The highest BCUT2D eigenvalue weighted by Crippen LogP contribution is 2.36. The third-order valence-corrected chi connectivity index (χ3v) is 3.95. The smallest absolute Gasteiger partial charge is 0.342 e. The summed E-state index contributed by atoms with van der Waals surface area (Å²) < 4.78 is 20.1. The van der Waals surface area contributed by atoms with Crippen LogP contribution in [0.15, 0.2) is 28.1 Å². The Hall–Kier alpha value is -1.40. The van der Waals surface area contributed by atoms with Crippen LogP contribution in [0.5, 0.6) is 0 Å². The van der Waals surface area contributed by atoms with Crippen LogP contribution in [-0.2, 0) is 4.74 Å². The molecule has 0 aliphatic heterocycles. The van der Waals surface area contributed by atoms with Crippen molar-refractivity contribution in [3.8, 4) is 11.1 Å². The maximum atomic E-state index is 14.1. The Balaban J connectivity index is 2.50. The average molecular weight is 372 g/mol. The fourth-order valence-electron chi connectivity index (χ4n) is 1.82. The molecule has 6 heteroatoms. The lowest BCUT2D eigenvalue weighted by Gasteiger charge is -2.20. The Morgan fingerprint density at radius 2 is 2.00 bits per heavy atom. The number of halogens is 2. The van der Waals surface area contributed by atoms with E-state index in [-0.39, 0.29) is 5.56 Å². The molecule has 0 saturated carbocycles. The summed E-state index contributed by atoms with van der Waals surface area (Å²) in [6.45, 7) is 5.31. The van der Waals surface area contributed by atoms with E-state index in [0.29, 0.717) is 20.6 Å². The molecule has 0 saturated heterocycles. The molecular weight excluding hydrogens is 357 g/mol. The zero-order valence-electron chi connectivity index (χ0n) is 11.9. The molecule has 0 unspecified atom stereocenters. The Kier molecular flexibility index (Phi) is 4.39. The molecule has 0 spiro atoms. The topological polar surface area (TPSA) is 52.3 Å². The summed E-state index contributed by atoms with van der Waals surface area (Å²) in [6.07, 6.45) is 0. The summed E-state index contributed by atoms with van der Waals surface area (Å²) in [4.78, 5) is 12.3. The monoisotopic (exact) mass is 371 g/mol. The molecule has 3 nitrogen and oxygen atoms in total. The minimum Gasteiger partial charge on any atom is -0.456 e. The second-order valence-electron chi connectivity index (χ2n) is 5.51. The van der Waals surface area contributed by atoms with Crippen LogP contribution in [0.25, 0.3) is 11.1 Å². The molecule has 1 aromatic carbocycles. The molecule has 2 aromatic rings. The Morgan fingerprint density at radius 1 is 1.33 bits per heavy atom. The Morgan fingerprint density at radius 3 is 2.57 bits per heavy atom. The van der Waals surface area contributed by atoms with Gasteiger partial charge >= 0.3 is 5.97 Å². The van der Waals surface area contributed by atoms with Gasteiger partial charge in [-0.1, -0.05) is 22.0 Å². The number of thiophene rings is 1. The van der Waals surface area contributed by atoms with Gasteiger partial charge in [0.2, 0.25) is 0 Å². The third kappa shape index (κ3) is 3.63. The number of nitrogens with two attached hydrogens (primary N) is 1. The summed E-state index contributed by atoms with van der Waals surface area (Å²) in [7, 11) is 0. The van der Waals surface area contributed by atoms with Crippen molar-refractivity contribution < 1.29 is 13.9 Å². The first-order valence-electron chi connectivity index (χ1n) is 6.25.